The Labute approximate surface area is 104 Å². The number of hydrogen-bond acceptors (Lipinski definition) is 2. The minimum absolute atomic E-state index is 0.135. The average Bonchev–Trinajstić information content (AvgIpc) is 3.09. The minimum Gasteiger partial charge on any atom is -0.357 e. The van der Waals surface area contributed by atoms with Gasteiger partial charge >= 0.3 is 0 Å². The Balaban J connectivity index is 2.23. The van der Waals surface area contributed by atoms with Gasteiger partial charge in [-0.25, -0.2) is 0 Å². The molecule has 0 radical (unpaired) electrons. The zero-order chi connectivity index (χ0) is 12.7. The molecular formula is C12H24N4O. The molecule has 0 heterocycles. The molecule has 5 heteroatoms. The molecule has 0 aliphatic heterocycles. The van der Waals surface area contributed by atoms with E-state index >= 15 is 0 Å². The van der Waals surface area contributed by atoms with Crippen LogP contribution in [0, 0.1) is 5.92 Å². The number of nitrogens with one attached hydrogen (secondary N) is 2. The summed E-state index contributed by atoms with van der Waals surface area (Å²) >= 11 is 0. The highest BCUT2D eigenvalue weighted by Crippen LogP contribution is 2.28. The molecule has 0 bridgehead atoms. The molecular weight excluding hydrogens is 216 g/mol. The van der Waals surface area contributed by atoms with Gasteiger partial charge in [-0.15, -0.1) is 0 Å². The highest BCUT2D eigenvalue weighted by atomic mass is 16.2. The molecule has 98 valence electrons. The second-order valence-electron chi connectivity index (χ2n) is 4.63. The average molecular weight is 240 g/mol. The lowest BCUT2D eigenvalue weighted by molar-refractivity contribution is -0.128. The number of carbonyl (C=O) groups is 1. The van der Waals surface area contributed by atoms with E-state index in [4.69, 9.17) is 0 Å². The maximum atomic E-state index is 11.4. The van der Waals surface area contributed by atoms with Crippen LogP contribution in [0.5, 0.6) is 0 Å². The van der Waals surface area contributed by atoms with Gasteiger partial charge in [0.25, 0.3) is 0 Å². The Bertz CT molecular complexity index is 272. The fourth-order valence-corrected chi connectivity index (χ4v) is 1.37. The molecule has 1 aliphatic carbocycles. The summed E-state index contributed by atoms with van der Waals surface area (Å²) in [6.07, 6.45) is 3.12. The zero-order valence-corrected chi connectivity index (χ0v) is 11.1. The first kappa shape index (κ1) is 13.8. The molecule has 5 nitrogen and oxygen atoms in total. The normalized spacial score (nSPS) is 15.6. The Morgan fingerprint density at radius 2 is 2.06 bits per heavy atom. The highest BCUT2D eigenvalue weighted by molar-refractivity contribution is 5.81. The van der Waals surface area contributed by atoms with Crippen LogP contribution in [-0.2, 0) is 4.79 Å². The summed E-state index contributed by atoms with van der Waals surface area (Å²) in [5.41, 5.74) is 0. The number of hydrogen-bond donors (Lipinski definition) is 2. The molecule has 0 aromatic heterocycles. The monoisotopic (exact) mass is 240 g/mol. The van der Waals surface area contributed by atoms with Crippen molar-refractivity contribution < 1.29 is 4.79 Å². The van der Waals surface area contributed by atoms with Crippen molar-refractivity contribution in [1.29, 1.82) is 0 Å². The number of guanidine groups is 1. The smallest absolute Gasteiger partial charge is 0.223 e. The molecule has 0 spiro atoms. The van der Waals surface area contributed by atoms with Crippen molar-refractivity contribution in [3.05, 3.63) is 0 Å². The van der Waals surface area contributed by atoms with Crippen molar-refractivity contribution in [3.63, 3.8) is 0 Å². The van der Waals surface area contributed by atoms with Gasteiger partial charge in [-0.2, -0.15) is 0 Å². The fourth-order valence-electron chi connectivity index (χ4n) is 1.37. The lowest BCUT2D eigenvalue weighted by atomic mass is 10.4. The van der Waals surface area contributed by atoms with E-state index < -0.39 is 0 Å². The second-order valence-corrected chi connectivity index (χ2v) is 4.63. The number of rotatable bonds is 6. The molecule has 1 saturated carbocycles. The molecule has 1 rings (SSSR count). The van der Waals surface area contributed by atoms with Crippen LogP contribution in [0.25, 0.3) is 0 Å². The predicted octanol–water partition coefficient (Wildman–Crippen LogP) is 0.430. The summed E-state index contributed by atoms with van der Waals surface area (Å²) in [7, 11) is 3.55. The number of nitrogens with zero attached hydrogens (tertiary/aromatic N) is 2. The van der Waals surface area contributed by atoms with Crippen LogP contribution >= 0.6 is 0 Å². The lowest BCUT2D eigenvalue weighted by Crippen LogP contribution is -2.39. The second kappa shape index (κ2) is 7.14. The molecule has 0 atom stereocenters. The number of amides is 1. The standard InChI is InChI=1S/C12H24N4O/c1-4-13-12(15-9-10-5-6-10)14-8-7-11(17)16(2)3/h10H,4-9H2,1-3H3,(H2,13,14,15). The van der Waals surface area contributed by atoms with Crippen molar-refractivity contribution in [1.82, 2.24) is 15.5 Å². The van der Waals surface area contributed by atoms with E-state index in [0.29, 0.717) is 13.0 Å². The van der Waals surface area contributed by atoms with Gasteiger partial charge in [0.15, 0.2) is 5.96 Å². The van der Waals surface area contributed by atoms with Crippen molar-refractivity contribution in [3.8, 4) is 0 Å². The van der Waals surface area contributed by atoms with Crippen LogP contribution in [0.1, 0.15) is 26.2 Å². The maximum absolute atomic E-state index is 11.4. The van der Waals surface area contributed by atoms with E-state index in [-0.39, 0.29) is 5.91 Å². The summed E-state index contributed by atoms with van der Waals surface area (Å²) in [5.74, 6) is 1.75. The summed E-state index contributed by atoms with van der Waals surface area (Å²) in [4.78, 5) is 17.5. The molecule has 0 unspecified atom stereocenters. The Morgan fingerprint density at radius 1 is 1.35 bits per heavy atom. The van der Waals surface area contributed by atoms with E-state index in [1.165, 1.54) is 12.8 Å². The van der Waals surface area contributed by atoms with Gasteiger partial charge in [-0.3, -0.25) is 9.79 Å². The summed E-state index contributed by atoms with van der Waals surface area (Å²) in [6.45, 7) is 4.42. The van der Waals surface area contributed by atoms with E-state index in [1.807, 2.05) is 6.92 Å². The van der Waals surface area contributed by atoms with Crippen molar-refractivity contribution >= 4 is 11.9 Å². The van der Waals surface area contributed by atoms with Crippen LogP contribution < -0.4 is 10.6 Å². The Kier molecular flexibility index (Phi) is 5.80. The van der Waals surface area contributed by atoms with E-state index in [2.05, 4.69) is 15.6 Å². The first-order valence-corrected chi connectivity index (χ1v) is 6.35. The molecule has 2 N–H and O–H groups in total. The Hall–Kier alpha value is -1.26. The van der Waals surface area contributed by atoms with Crippen molar-refractivity contribution in [2.45, 2.75) is 26.2 Å². The van der Waals surface area contributed by atoms with Crippen LogP contribution in [-0.4, -0.2) is 50.5 Å². The number of carbonyl (C=O) groups excluding carboxylic acids is 1. The third kappa shape index (κ3) is 6.14. The van der Waals surface area contributed by atoms with Gasteiger partial charge in [-0.05, 0) is 25.7 Å². The van der Waals surface area contributed by atoms with Crippen molar-refractivity contribution in [2.24, 2.45) is 10.9 Å². The number of aliphatic imine (C=N–C) groups is 1. The zero-order valence-electron chi connectivity index (χ0n) is 11.1. The lowest BCUT2D eigenvalue weighted by Gasteiger charge is -2.13. The largest absolute Gasteiger partial charge is 0.357 e. The van der Waals surface area contributed by atoms with Gasteiger partial charge in [0, 0.05) is 40.2 Å². The quantitative estimate of drug-likeness (QED) is 0.523. The molecule has 1 amide bonds. The summed E-state index contributed by atoms with van der Waals surface area (Å²) in [5, 5.41) is 6.36. The van der Waals surface area contributed by atoms with Gasteiger partial charge < -0.3 is 15.5 Å². The summed E-state index contributed by atoms with van der Waals surface area (Å²) < 4.78 is 0. The topological polar surface area (TPSA) is 56.7 Å². The molecule has 0 aromatic carbocycles. The third-order valence-electron chi connectivity index (χ3n) is 2.68. The van der Waals surface area contributed by atoms with Gasteiger partial charge in [0.2, 0.25) is 5.91 Å². The first-order chi connectivity index (χ1) is 8.13. The molecule has 0 saturated heterocycles. The van der Waals surface area contributed by atoms with Crippen molar-refractivity contribution in [2.75, 3.05) is 33.7 Å². The first-order valence-electron chi connectivity index (χ1n) is 6.35. The molecule has 0 aromatic rings. The van der Waals surface area contributed by atoms with Crippen LogP contribution in [0.4, 0.5) is 0 Å². The van der Waals surface area contributed by atoms with Gasteiger partial charge in [0.1, 0.15) is 0 Å². The van der Waals surface area contributed by atoms with E-state index in [1.54, 1.807) is 19.0 Å². The molecule has 17 heavy (non-hydrogen) atoms. The molecule has 1 aliphatic rings. The minimum atomic E-state index is 0.135. The fraction of sp³-hybridized carbons (Fsp3) is 0.833. The van der Waals surface area contributed by atoms with Gasteiger partial charge in [0.05, 0.1) is 0 Å². The highest BCUT2D eigenvalue weighted by Gasteiger charge is 2.20. The maximum Gasteiger partial charge on any atom is 0.223 e. The van der Waals surface area contributed by atoms with Crippen LogP contribution in [0.2, 0.25) is 0 Å². The van der Waals surface area contributed by atoms with Crippen LogP contribution in [0.3, 0.4) is 0 Å². The van der Waals surface area contributed by atoms with Crippen LogP contribution in [0.15, 0.2) is 4.99 Å². The third-order valence-corrected chi connectivity index (χ3v) is 2.68. The SMILES string of the molecule is CCNC(=NCC1CC1)NCCC(=O)N(C)C. The van der Waals surface area contributed by atoms with E-state index in [9.17, 15) is 4.79 Å². The van der Waals surface area contributed by atoms with Gasteiger partial charge in [-0.1, -0.05) is 0 Å². The molecule has 1 fully saturated rings. The summed E-state index contributed by atoms with van der Waals surface area (Å²) in [6, 6.07) is 0. The predicted molar refractivity (Wildman–Crippen MR) is 70.0 cm³/mol. The Morgan fingerprint density at radius 3 is 2.59 bits per heavy atom. The van der Waals surface area contributed by atoms with E-state index in [0.717, 1.165) is 25.0 Å².